The van der Waals surface area contributed by atoms with Gasteiger partial charge in [0.2, 0.25) is 5.91 Å². The number of benzene rings is 4. The predicted octanol–water partition coefficient (Wildman–Crippen LogP) is 5.48. The highest BCUT2D eigenvalue weighted by Crippen LogP contribution is 2.26. The fraction of sp³-hybridized carbons (Fsp3) is 0.243. The minimum absolute atomic E-state index is 0.0556. The van der Waals surface area contributed by atoms with Crippen LogP contribution in [0.5, 0.6) is 5.75 Å². The van der Waals surface area contributed by atoms with Gasteiger partial charge in [-0.25, -0.2) is 0 Å². The maximum atomic E-state index is 13.8. The Morgan fingerprint density at radius 3 is 2.36 bits per heavy atom. The number of anilines is 1. The lowest BCUT2D eigenvalue weighted by atomic mass is 9.99. The number of aliphatic hydroxyl groups is 1. The van der Waals surface area contributed by atoms with E-state index >= 15 is 0 Å². The van der Waals surface area contributed by atoms with Crippen molar-refractivity contribution in [1.82, 2.24) is 10.6 Å². The third kappa shape index (κ3) is 8.43. The standard InChI is InChI=1S/C37H39N3O4/c1-44-33-15-8-14-30(22-33)25-38-26-35(41)34(23-28-12-6-3-7-13-28)39-37(43)31-20-29(18-17-27-10-4-2-5-11-27)21-32(24-31)40-19-9-16-36(40)42/h2-8,10-15,17-18,20-22,24,34-35,38,41H,9,16,19,23,25-26H2,1H3,(H,39,43)/b18-17+/t34-,35+/m0/s1. The number of carbonyl (C=O) groups excluding carboxylic acids is 2. The first kappa shape index (κ1) is 30.7. The number of methoxy groups -OCH3 is 1. The van der Waals surface area contributed by atoms with Crippen LogP contribution in [-0.2, 0) is 17.8 Å². The van der Waals surface area contributed by atoms with Crippen LogP contribution < -0.4 is 20.3 Å². The van der Waals surface area contributed by atoms with Gasteiger partial charge >= 0.3 is 0 Å². The molecule has 1 aliphatic heterocycles. The monoisotopic (exact) mass is 589 g/mol. The van der Waals surface area contributed by atoms with Crippen molar-refractivity contribution in [2.75, 3.05) is 25.1 Å². The number of nitrogens with zero attached hydrogens (tertiary/aromatic N) is 1. The molecule has 0 spiro atoms. The van der Waals surface area contributed by atoms with E-state index in [-0.39, 0.29) is 18.4 Å². The van der Waals surface area contributed by atoms with Gasteiger partial charge in [0.25, 0.3) is 5.91 Å². The summed E-state index contributed by atoms with van der Waals surface area (Å²) in [6.45, 7) is 1.45. The van der Waals surface area contributed by atoms with Crippen LogP contribution in [0.25, 0.3) is 12.2 Å². The molecule has 0 unspecified atom stereocenters. The average Bonchev–Trinajstić information content (AvgIpc) is 3.50. The maximum Gasteiger partial charge on any atom is 0.251 e. The molecule has 2 amide bonds. The van der Waals surface area contributed by atoms with Crippen LogP contribution >= 0.6 is 0 Å². The van der Waals surface area contributed by atoms with Crippen molar-refractivity contribution in [1.29, 1.82) is 0 Å². The summed E-state index contributed by atoms with van der Waals surface area (Å²) in [5.41, 5.74) is 5.03. The Kier molecular flexibility index (Phi) is 10.6. The van der Waals surface area contributed by atoms with Crippen molar-refractivity contribution in [2.45, 2.75) is 38.0 Å². The molecule has 226 valence electrons. The molecule has 5 rings (SSSR count). The Morgan fingerprint density at radius 1 is 0.909 bits per heavy atom. The molecule has 4 aromatic carbocycles. The Balaban J connectivity index is 1.35. The van der Waals surface area contributed by atoms with Crippen molar-refractivity contribution < 1.29 is 19.4 Å². The summed E-state index contributed by atoms with van der Waals surface area (Å²) in [5, 5.41) is 17.7. The van der Waals surface area contributed by atoms with E-state index in [9.17, 15) is 14.7 Å². The largest absolute Gasteiger partial charge is 0.497 e. The number of aliphatic hydroxyl groups excluding tert-OH is 1. The van der Waals surface area contributed by atoms with Crippen molar-refractivity contribution in [3.63, 3.8) is 0 Å². The SMILES string of the molecule is COc1cccc(CNC[C@@H](O)[C@H](Cc2ccccc2)NC(=O)c2cc(/C=C/c3ccccc3)cc(N3CCCC3=O)c2)c1. The van der Waals surface area contributed by atoms with Crippen molar-refractivity contribution in [3.8, 4) is 5.75 Å². The molecule has 7 heteroatoms. The first-order valence-corrected chi connectivity index (χ1v) is 15.0. The fourth-order valence-electron chi connectivity index (χ4n) is 5.39. The smallest absolute Gasteiger partial charge is 0.251 e. The van der Waals surface area contributed by atoms with Crippen LogP contribution in [0.1, 0.15) is 45.5 Å². The average molecular weight is 590 g/mol. The van der Waals surface area contributed by atoms with E-state index in [1.807, 2.05) is 109 Å². The normalized spacial score (nSPS) is 14.5. The molecule has 0 aromatic heterocycles. The Bertz CT molecular complexity index is 1570. The molecule has 2 atom stereocenters. The van der Waals surface area contributed by atoms with Crippen LogP contribution in [0, 0.1) is 0 Å². The van der Waals surface area contributed by atoms with Gasteiger partial charge in [0.05, 0.1) is 19.3 Å². The molecule has 1 saturated heterocycles. The summed E-state index contributed by atoms with van der Waals surface area (Å²) in [4.78, 5) is 28.2. The van der Waals surface area contributed by atoms with Gasteiger partial charge in [-0.1, -0.05) is 84.9 Å². The van der Waals surface area contributed by atoms with Gasteiger partial charge in [0.15, 0.2) is 0 Å². The minimum atomic E-state index is -0.856. The summed E-state index contributed by atoms with van der Waals surface area (Å²) in [5.74, 6) is 0.524. The second-order valence-electron chi connectivity index (χ2n) is 11.0. The number of hydrogen-bond acceptors (Lipinski definition) is 5. The lowest BCUT2D eigenvalue weighted by Gasteiger charge is -2.25. The quantitative estimate of drug-likeness (QED) is 0.180. The van der Waals surface area contributed by atoms with E-state index in [0.717, 1.165) is 34.4 Å². The summed E-state index contributed by atoms with van der Waals surface area (Å²) in [7, 11) is 1.63. The minimum Gasteiger partial charge on any atom is -0.497 e. The van der Waals surface area contributed by atoms with Gasteiger partial charge in [0.1, 0.15) is 5.75 Å². The van der Waals surface area contributed by atoms with Crippen LogP contribution in [-0.4, -0.2) is 49.3 Å². The Labute approximate surface area is 259 Å². The van der Waals surface area contributed by atoms with E-state index in [0.29, 0.717) is 37.2 Å². The van der Waals surface area contributed by atoms with E-state index in [1.54, 1.807) is 18.1 Å². The second-order valence-corrected chi connectivity index (χ2v) is 11.0. The molecular formula is C37H39N3O4. The molecule has 7 nitrogen and oxygen atoms in total. The maximum absolute atomic E-state index is 13.8. The lowest BCUT2D eigenvalue weighted by Crippen LogP contribution is -2.48. The highest BCUT2D eigenvalue weighted by atomic mass is 16.5. The molecule has 1 fully saturated rings. The van der Waals surface area contributed by atoms with E-state index in [1.165, 1.54) is 0 Å². The lowest BCUT2D eigenvalue weighted by molar-refractivity contribution is -0.117. The van der Waals surface area contributed by atoms with Gasteiger partial charge in [-0.2, -0.15) is 0 Å². The van der Waals surface area contributed by atoms with Crippen LogP contribution in [0.2, 0.25) is 0 Å². The van der Waals surface area contributed by atoms with Gasteiger partial charge in [-0.15, -0.1) is 0 Å². The molecule has 1 aliphatic rings. The van der Waals surface area contributed by atoms with Gasteiger partial charge in [-0.05, 0) is 65.4 Å². The number of hydrogen-bond donors (Lipinski definition) is 3. The first-order valence-electron chi connectivity index (χ1n) is 15.0. The van der Waals surface area contributed by atoms with E-state index < -0.39 is 12.1 Å². The van der Waals surface area contributed by atoms with Gasteiger partial charge in [0, 0.05) is 37.3 Å². The molecule has 0 saturated carbocycles. The van der Waals surface area contributed by atoms with Crippen molar-refractivity contribution in [2.24, 2.45) is 0 Å². The topological polar surface area (TPSA) is 90.9 Å². The van der Waals surface area contributed by atoms with Gasteiger partial charge in [-0.3, -0.25) is 9.59 Å². The van der Waals surface area contributed by atoms with Crippen molar-refractivity contribution >= 4 is 29.7 Å². The summed E-state index contributed by atoms with van der Waals surface area (Å²) in [6, 6.07) is 32.5. The van der Waals surface area contributed by atoms with Crippen LogP contribution in [0.15, 0.2) is 103 Å². The molecular weight excluding hydrogens is 550 g/mol. The number of carbonyl (C=O) groups is 2. The molecule has 0 radical (unpaired) electrons. The van der Waals surface area contributed by atoms with E-state index in [2.05, 4.69) is 10.6 Å². The third-order valence-electron chi connectivity index (χ3n) is 7.75. The molecule has 1 heterocycles. The zero-order valence-electron chi connectivity index (χ0n) is 25.0. The Hall–Kier alpha value is -4.72. The highest BCUT2D eigenvalue weighted by Gasteiger charge is 2.25. The summed E-state index contributed by atoms with van der Waals surface area (Å²) < 4.78 is 5.31. The number of rotatable bonds is 13. The second kappa shape index (κ2) is 15.1. The third-order valence-corrected chi connectivity index (χ3v) is 7.75. The predicted molar refractivity (Wildman–Crippen MR) is 176 cm³/mol. The van der Waals surface area contributed by atoms with E-state index in [4.69, 9.17) is 4.74 Å². The first-order chi connectivity index (χ1) is 21.5. The zero-order valence-corrected chi connectivity index (χ0v) is 25.0. The number of nitrogens with one attached hydrogen (secondary N) is 2. The summed E-state index contributed by atoms with van der Waals surface area (Å²) >= 11 is 0. The molecule has 4 aromatic rings. The summed E-state index contributed by atoms with van der Waals surface area (Å²) in [6.07, 6.45) is 4.83. The fourth-order valence-corrected chi connectivity index (χ4v) is 5.39. The molecule has 0 bridgehead atoms. The van der Waals surface area contributed by atoms with Crippen molar-refractivity contribution in [3.05, 3.63) is 131 Å². The molecule has 3 N–H and O–H groups in total. The highest BCUT2D eigenvalue weighted by molar-refractivity contribution is 6.00. The zero-order chi connectivity index (χ0) is 30.7. The van der Waals surface area contributed by atoms with Gasteiger partial charge < -0.3 is 25.4 Å². The van der Waals surface area contributed by atoms with Crippen LogP contribution in [0.3, 0.4) is 0 Å². The Morgan fingerprint density at radius 2 is 1.64 bits per heavy atom. The molecule has 44 heavy (non-hydrogen) atoms. The number of ether oxygens (including phenoxy) is 1. The number of amides is 2. The molecule has 0 aliphatic carbocycles. The van der Waals surface area contributed by atoms with Crippen LogP contribution in [0.4, 0.5) is 5.69 Å².